The number of rotatable bonds is 4. The molecule has 1 heterocycles. The van der Waals surface area contributed by atoms with Gasteiger partial charge in [0.2, 0.25) is 5.91 Å². The molecule has 0 spiro atoms. The molecule has 0 aliphatic carbocycles. The number of aromatic nitrogens is 2. The van der Waals surface area contributed by atoms with Gasteiger partial charge in [0, 0.05) is 17.0 Å². The van der Waals surface area contributed by atoms with Crippen LogP contribution in [0.25, 0.3) is 0 Å². The van der Waals surface area contributed by atoms with Crippen LogP contribution in [0, 0.1) is 6.92 Å². The quantitative estimate of drug-likeness (QED) is 0.781. The van der Waals surface area contributed by atoms with E-state index >= 15 is 0 Å². The summed E-state index contributed by atoms with van der Waals surface area (Å²) in [5, 5.41) is 5.91. The topological polar surface area (TPSA) is 92.9 Å². The highest BCUT2D eigenvalue weighted by atomic mass is 16.2. The van der Waals surface area contributed by atoms with E-state index in [1.54, 1.807) is 0 Å². The predicted octanol–water partition coefficient (Wildman–Crippen LogP) is 1.82. The summed E-state index contributed by atoms with van der Waals surface area (Å²) < 4.78 is 0. The fourth-order valence-electron chi connectivity index (χ4n) is 1.61. The Labute approximate surface area is 120 Å². The zero-order valence-corrected chi connectivity index (χ0v) is 13.2. The number of nitrogens with zero attached hydrogens (tertiary/aromatic N) is 2. The number of nitrogens with two attached hydrogens (primary N) is 1. The van der Waals surface area contributed by atoms with Gasteiger partial charge in [-0.2, -0.15) is 0 Å². The average Bonchev–Trinajstić information content (AvgIpc) is 2.28. The molecule has 0 radical (unpaired) electrons. The number of nitrogens with one attached hydrogen (secondary N) is 2. The first kappa shape index (κ1) is 16.2. The molecule has 1 aromatic heterocycles. The summed E-state index contributed by atoms with van der Waals surface area (Å²) in [6.07, 6.45) is 0. The van der Waals surface area contributed by atoms with Gasteiger partial charge in [0.05, 0.1) is 6.54 Å². The predicted molar refractivity (Wildman–Crippen MR) is 81.7 cm³/mol. The Kier molecular flexibility index (Phi) is 4.92. The van der Waals surface area contributed by atoms with E-state index in [1.165, 1.54) is 0 Å². The molecule has 1 aromatic rings. The Morgan fingerprint density at radius 3 is 2.40 bits per heavy atom. The first-order valence-electron chi connectivity index (χ1n) is 6.79. The van der Waals surface area contributed by atoms with Gasteiger partial charge in [-0.15, -0.1) is 0 Å². The van der Waals surface area contributed by atoms with Crippen molar-refractivity contribution in [2.45, 2.75) is 53.0 Å². The molecule has 0 aliphatic rings. The Bertz CT molecular complexity index is 491. The largest absolute Gasteiger partial charge is 0.383 e. The second-order valence-corrected chi connectivity index (χ2v) is 6.25. The van der Waals surface area contributed by atoms with Crippen molar-refractivity contribution in [3.63, 3.8) is 0 Å². The summed E-state index contributed by atoms with van der Waals surface area (Å²) in [7, 11) is 0. The van der Waals surface area contributed by atoms with Crippen LogP contribution in [-0.4, -0.2) is 28.0 Å². The number of hydrogen-bond donors (Lipinski definition) is 3. The van der Waals surface area contributed by atoms with Crippen LogP contribution >= 0.6 is 0 Å². The highest BCUT2D eigenvalue weighted by Gasteiger charge is 2.15. The lowest BCUT2D eigenvalue weighted by atomic mass is 10.1. The maximum absolute atomic E-state index is 11.8. The second-order valence-electron chi connectivity index (χ2n) is 6.25. The van der Waals surface area contributed by atoms with Crippen molar-refractivity contribution in [3.8, 4) is 0 Å². The molecule has 0 unspecified atom stereocenters. The van der Waals surface area contributed by atoms with Crippen LogP contribution in [0.2, 0.25) is 0 Å². The normalized spacial score (nSPS) is 11.6. The molecular formula is C14H25N5O. The van der Waals surface area contributed by atoms with Gasteiger partial charge < -0.3 is 16.4 Å². The van der Waals surface area contributed by atoms with Crippen molar-refractivity contribution in [1.29, 1.82) is 0 Å². The van der Waals surface area contributed by atoms with Crippen molar-refractivity contribution < 1.29 is 4.79 Å². The van der Waals surface area contributed by atoms with E-state index in [1.807, 2.05) is 41.5 Å². The van der Waals surface area contributed by atoms with Crippen molar-refractivity contribution in [1.82, 2.24) is 15.3 Å². The summed E-state index contributed by atoms with van der Waals surface area (Å²) >= 11 is 0. The van der Waals surface area contributed by atoms with Crippen molar-refractivity contribution >= 4 is 17.5 Å². The van der Waals surface area contributed by atoms with Crippen molar-refractivity contribution in [2.75, 3.05) is 17.6 Å². The van der Waals surface area contributed by atoms with Crippen molar-refractivity contribution in [2.24, 2.45) is 0 Å². The summed E-state index contributed by atoms with van der Waals surface area (Å²) in [5.74, 6) is 1.83. The average molecular weight is 279 g/mol. The molecule has 0 saturated carbocycles. The molecule has 0 fully saturated rings. The van der Waals surface area contributed by atoms with Gasteiger partial charge in [-0.05, 0) is 27.7 Å². The molecule has 0 aromatic carbocycles. The lowest BCUT2D eigenvalue weighted by Crippen LogP contribution is -2.43. The highest BCUT2D eigenvalue weighted by molar-refractivity contribution is 5.81. The minimum Gasteiger partial charge on any atom is -0.383 e. The third-order valence-corrected chi connectivity index (χ3v) is 2.65. The van der Waals surface area contributed by atoms with E-state index in [0.717, 1.165) is 5.56 Å². The Hall–Kier alpha value is -1.85. The Morgan fingerprint density at radius 2 is 1.90 bits per heavy atom. The summed E-state index contributed by atoms with van der Waals surface area (Å²) in [5.41, 5.74) is 6.39. The first-order valence-corrected chi connectivity index (χ1v) is 6.79. The van der Waals surface area contributed by atoms with E-state index in [4.69, 9.17) is 5.73 Å². The van der Waals surface area contributed by atoms with Gasteiger partial charge in [-0.1, -0.05) is 13.8 Å². The van der Waals surface area contributed by atoms with Crippen LogP contribution in [0.1, 0.15) is 51.9 Å². The zero-order chi connectivity index (χ0) is 15.5. The molecule has 0 aliphatic heterocycles. The molecule has 0 bridgehead atoms. The number of carbonyl (C=O) groups is 1. The number of amides is 1. The summed E-state index contributed by atoms with van der Waals surface area (Å²) in [4.78, 5) is 20.5. The number of nitrogen functional groups attached to an aromatic ring is 1. The second kappa shape index (κ2) is 6.07. The molecule has 0 atom stereocenters. The van der Waals surface area contributed by atoms with E-state index in [9.17, 15) is 4.79 Å². The molecule has 1 rings (SSSR count). The number of anilines is 2. The van der Waals surface area contributed by atoms with Gasteiger partial charge in [0.15, 0.2) is 0 Å². The lowest BCUT2D eigenvalue weighted by molar-refractivity contribution is -0.120. The van der Waals surface area contributed by atoms with E-state index in [2.05, 4.69) is 20.6 Å². The van der Waals surface area contributed by atoms with E-state index in [-0.39, 0.29) is 23.9 Å². The zero-order valence-electron chi connectivity index (χ0n) is 13.2. The third-order valence-electron chi connectivity index (χ3n) is 2.65. The van der Waals surface area contributed by atoms with Crippen molar-refractivity contribution in [3.05, 3.63) is 11.4 Å². The monoisotopic (exact) mass is 279 g/mol. The summed E-state index contributed by atoms with van der Waals surface area (Å²) in [6, 6.07) is 0. The number of hydrogen-bond acceptors (Lipinski definition) is 5. The number of carbonyl (C=O) groups excluding carboxylic acids is 1. The molecule has 4 N–H and O–H groups in total. The van der Waals surface area contributed by atoms with E-state index < -0.39 is 0 Å². The lowest BCUT2D eigenvalue weighted by Gasteiger charge is -2.21. The minimum atomic E-state index is -0.248. The summed E-state index contributed by atoms with van der Waals surface area (Å²) in [6.45, 7) is 11.8. The fourth-order valence-corrected chi connectivity index (χ4v) is 1.61. The maximum Gasteiger partial charge on any atom is 0.239 e. The van der Waals surface area contributed by atoms with Gasteiger partial charge in [-0.3, -0.25) is 4.79 Å². The third kappa shape index (κ3) is 4.68. The smallest absolute Gasteiger partial charge is 0.239 e. The molecule has 6 heteroatoms. The van der Waals surface area contributed by atoms with Crippen LogP contribution in [0.3, 0.4) is 0 Å². The van der Waals surface area contributed by atoms with Gasteiger partial charge in [0.25, 0.3) is 0 Å². The van der Waals surface area contributed by atoms with Crippen LogP contribution in [0.15, 0.2) is 0 Å². The van der Waals surface area contributed by atoms with Crippen LogP contribution < -0.4 is 16.4 Å². The molecular weight excluding hydrogens is 254 g/mol. The Balaban J connectivity index is 2.80. The minimum absolute atomic E-state index is 0.0832. The van der Waals surface area contributed by atoms with Gasteiger partial charge in [0.1, 0.15) is 17.5 Å². The van der Waals surface area contributed by atoms with Gasteiger partial charge >= 0.3 is 0 Å². The maximum atomic E-state index is 11.8. The molecule has 20 heavy (non-hydrogen) atoms. The van der Waals surface area contributed by atoms with Gasteiger partial charge in [-0.25, -0.2) is 9.97 Å². The molecule has 0 saturated heterocycles. The fraction of sp³-hybridized carbons (Fsp3) is 0.643. The molecule has 6 nitrogen and oxygen atoms in total. The highest BCUT2D eigenvalue weighted by Crippen LogP contribution is 2.20. The Morgan fingerprint density at radius 1 is 1.30 bits per heavy atom. The SMILES string of the molecule is Cc1c(N)nc(C(C)C)nc1NCC(=O)NC(C)(C)C. The van der Waals surface area contributed by atoms with Crippen LogP contribution in [0.4, 0.5) is 11.6 Å². The van der Waals surface area contributed by atoms with E-state index in [0.29, 0.717) is 17.5 Å². The van der Waals surface area contributed by atoms with Crippen LogP contribution in [0.5, 0.6) is 0 Å². The standard InChI is InChI=1S/C14H25N5O/c1-8(2)12-17-11(15)9(3)13(18-12)16-7-10(20)19-14(4,5)6/h8H,7H2,1-6H3,(H,19,20)(H3,15,16,17,18). The molecule has 112 valence electrons. The molecule has 1 amide bonds. The first-order chi connectivity index (χ1) is 9.10. The van der Waals surface area contributed by atoms with Crippen LogP contribution in [-0.2, 0) is 4.79 Å².